The van der Waals surface area contributed by atoms with Crippen LogP contribution in [-0.4, -0.2) is 4.98 Å². The van der Waals surface area contributed by atoms with Gasteiger partial charge in [-0.3, -0.25) is 0 Å². The zero-order chi connectivity index (χ0) is 19.7. The quantitative estimate of drug-likeness (QED) is 0.285. The van der Waals surface area contributed by atoms with Crippen LogP contribution in [0.3, 0.4) is 0 Å². The Kier molecular flexibility index (Phi) is 3.21. The van der Waals surface area contributed by atoms with Crippen molar-refractivity contribution in [2.75, 3.05) is 0 Å². The number of aromatic amines is 1. The maximum absolute atomic E-state index is 3.74. The lowest BCUT2D eigenvalue weighted by atomic mass is 9.98. The van der Waals surface area contributed by atoms with Gasteiger partial charge in [-0.05, 0) is 22.9 Å². The Morgan fingerprint density at radius 3 is 2.20 bits per heavy atom. The third-order valence-corrected chi connectivity index (χ3v) is 7.44. The second kappa shape index (κ2) is 5.94. The summed E-state index contributed by atoms with van der Waals surface area (Å²) in [7, 11) is 0. The number of benzene rings is 5. The minimum atomic E-state index is 1.19. The Morgan fingerprint density at radius 1 is 0.533 bits per heavy atom. The lowest BCUT2D eigenvalue weighted by Gasteiger charge is -2.06. The number of hydrogen-bond donors (Lipinski definition) is 1. The number of hydrogen-bond acceptors (Lipinski definition) is 1. The van der Waals surface area contributed by atoms with E-state index in [9.17, 15) is 0 Å². The highest BCUT2D eigenvalue weighted by Crippen LogP contribution is 2.43. The smallest absolute Gasteiger partial charge is 0.0545 e. The van der Waals surface area contributed by atoms with Gasteiger partial charge in [0.1, 0.15) is 0 Å². The number of nitrogens with one attached hydrogen (secondary N) is 1. The molecule has 0 amide bonds. The van der Waals surface area contributed by atoms with Crippen molar-refractivity contribution in [3.05, 3.63) is 97.1 Å². The largest absolute Gasteiger partial charge is 0.354 e. The molecule has 0 bridgehead atoms. The fourth-order valence-electron chi connectivity index (χ4n) is 4.88. The summed E-state index contributed by atoms with van der Waals surface area (Å²) in [5.41, 5.74) is 4.98. The Hall–Kier alpha value is -3.62. The molecule has 1 nitrogen and oxygen atoms in total. The molecule has 1 N–H and O–H groups in total. The van der Waals surface area contributed by atoms with Gasteiger partial charge >= 0.3 is 0 Å². The molecule has 2 aromatic heterocycles. The Balaban J connectivity index is 1.62. The first kappa shape index (κ1) is 16.2. The van der Waals surface area contributed by atoms with Crippen molar-refractivity contribution in [3.8, 4) is 11.1 Å². The standard InChI is InChI=1S/C28H17NS/c1-2-8-18-17(7-1)15-16-24-26(18)23-13-5-10-20(27(23)29-24)22-12-6-11-21-19-9-3-4-14-25(19)30-28(21)22/h1-16,29H. The SMILES string of the molecule is c1ccc2c(c1)ccc1[nH]c3c(-c4cccc5c4sc4ccccc45)cccc3c12. The van der Waals surface area contributed by atoms with E-state index < -0.39 is 0 Å². The van der Waals surface area contributed by atoms with Crippen LogP contribution in [0.15, 0.2) is 97.1 Å². The van der Waals surface area contributed by atoms with Crippen molar-refractivity contribution in [2.45, 2.75) is 0 Å². The highest BCUT2D eigenvalue weighted by molar-refractivity contribution is 7.26. The summed E-state index contributed by atoms with van der Waals surface area (Å²) < 4.78 is 2.70. The molecule has 0 spiro atoms. The van der Waals surface area contributed by atoms with E-state index in [2.05, 4.69) is 102 Å². The molecule has 0 aliphatic rings. The number of rotatable bonds is 1. The summed E-state index contributed by atoms with van der Waals surface area (Å²) in [4.78, 5) is 3.74. The number of thiophene rings is 1. The van der Waals surface area contributed by atoms with Gasteiger partial charge in [-0.25, -0.2) is 0 Å². The van der Waals surface area contributed by atoms with Gasteiger partial charge < -0.3 is 4.98 Å². The highest BCUT2D eigenvalue weighted by atomic mass is 32.1. The zero-order valence-electron chi connectivity index (χ0n) is 16.1. The molecule has 0 atom stereocenters. The van der Waals surface area contributed by atoms with Crippen LogP contribution in [0, 0.1) is 0 Å². The average molecular weight is 400 g/mol. The molecule has 7 aromatic rings. The maximum Gasteiger partial charge on any atom is 0.0545 e. The second-order valence-electron chi connectivity index (χ2n) is 7.84. The van der Waals surface area contributed by atoms with E-state index in [4.69, 9.17) is 0 Å². The molecular formula is C28H17NS. The third kappa shape index (κ3) is 2.11. The Morgan fingerprint density at radius 2 is 1.27 bits per heavy atom. The first-order chi connectivity index (χ1) is 14.9. The minimum Gasteiger partial charge on any atom is -0.354 e. The molecule has 2 heteroatoms. The molecule has 7 rings (SSSR count). The maximum atomic E-state index is 3.74. The van der Waals surface area contributed by atoms with Gasteiger partial charge in [0, 0.05) is 47.6 Å². The molecule has 0 aliphatic carbocycles. The number of H-pyrrole nitrogens is 1. The normalized spacial score (nSPS) is 12.0. The van der Waals surface area contributed by atoms with Crippen molar-refractivity contribution < 1.29 is 0 Å². The van der Waals surface area contributed by atoms with E-state index >= 15 is 0 Å². The van der Waals surface area contributed by atoms with Crippen LogP contribution in [0.25, 0.3) is 63.9 Å². The van der Waals surface area contributed by atoms with Crippen molar-refractivity contribution in [3.63, 3.8) is 0 Å². The van der Waals surface area contributed by atoms with Crippen molar-refractivity contribution in [1.29, 1.82) is 0 Å². The molecular weight excluding hydrogens is 382 g/mol. The van der Waals surface area contributed by atoms with E-state index in [-0.39, 0.29) is 0 Å². The van der Waals surface area contributed by atoms with E-state index in [1.54, 1.807) is 0 Å². The fraction of sp³-hybridized carbons (Fsp3) is 0. The van der Waals surface area contributed by atoms with Gasteiger partial charge in [-0.2, -0.15) is 0 Å². The van der Waals surface area contributed by atoms with Crippen LogP contribution in [-0.2, 0) is 0 Å². The van der Waals surface area contributed by atoms with Crippen LogP contribution in [0.4, 0.5) is 0 Å². The van der Waals surface area contributed by atoms with Crippen LogP contribution >= 0.6 is 11.3 Å². The van der Waals surface area contributed by atoms with E-state index in [0.717, 1.165) is 0 Å². The van der Waals surface area contributed by atoms with Gasteiger partial charge in [0.25, 0.3) is 0 Å². The van der Waals surface area contributed by atoms with Crippen molar-refractivity contribution in [2.24, 2.45) is 0 Å². The first-order valence-electron chi connectivity index (χ1n) is 10.2. The van der Waals surface area contributed by atoms with E-state index in [0.29, 0.717) is 0 Å². The van der Waals surface area contributed by atoms with Crippen molar-refractivity contribution >= 4 is 64.1 Å². The zero-order valence-corrected chi connectivity index (χ0v) is 17.0. The summed E-state index contributed by atoms with van der Waals surface area (Å²) in [6.45, 7) is 0. The summed E-state index contributed by atoms with van der Waals surface area (Å²) in [5.74, 6) is 0. The summed E-state index contributed by atoms with van der Waals surface area (Å²) in [6.07, 6.45) is 0. The molecule has 2 heterocycles. The lowest BCUT2D eigenvalue weighted by Crippen LogP contribution is -1.81. The fourth-order valence-corrected chi connectivity index (χ4v) is 6.11. The van der Waals surface area contributed by atoms with Gasteiger partial charge in [0.15, 0.2) is 0 Å². The van der Waals surface area contributed by atoms with Gasteiger partial charge in [0.05, 0.1) is 5.52 Å². The van der Waals surface area contributed by atoms with E-state index in [1.807, 2.05) is 11.3 Å². The topological polar surface area (TPSA) is 15.8 Å². The predicted molar refractivity (Wildman–Crippen MR) is 132 cm³/mol. The highest BCUT2D eigenvalue weighted by Gasteiger charge is 2.15. The molecule has 30 heavy (non-hydrogen) atoms. The average Bonchev–Trinajstić information content (AvgIpc) is 3.37. The van der Waals surface area contributed by atoms with Gasteiger partial charge in [0.2, 0.25) is 0 Å². The number of aromatic nitrogens is 1. The van der Waals surface area contributed by atoms with Crippen LogP contribution < -0.4 is 0 Å². The molecule has 0 radical (unpaired) electrons. The van der Waals surface area contributed by atoms with Crippen LogP contribution in [0.2, 0.25) is 0 Å². The van der Waals surface area contributed by atoms with Crippen LogP contribution in [0.1, 0.15) is 0 Å². The van der Waals surface area contributed by atoms with Crippen LogP contribution in [0.5, 0.6) is 0 Å². The molecule has 0 unspecified atom stereocenters. The second-order valence-corrected chi connectivity index (χ2v) is 8.90. The molecule has 0 aliphatic heterocycles. The molecule has 5 aromatic carbocycles. The molecule has 140 valence electrons. The summed E-state index contributed by atoms with van der Waals surface area (Å²) in [5, 5.41) is 7.87. The first-order valence-corrected chi connectivity index (χ1v) is 11.0. The predicted octanol–water partition coefficient (Wildman–Crippen LogP) is 8.51. The molecule has 0 saturated carbocycles. The minimum absolute atomic E-state index is 1.19. The summed E-state index contributed by atoms with van der Waals surface area (Å²) in [6, 6.07) is 35.2. The molecule has 0 saturated heterocycles. The van der Waals surface area contributed by atoms with E-state index in [1.165, 1.54) is 63.9 Å². The summed E-state index contributed by atoms with van der Waals surface area (Å²) >= 11 is 1.89. The lowest BCUT2D eigenvalue weighted by molar-refractivity contribution is 1.55. The van der Waals surface area contributed by atoms with Crippen molar-refractivity contribution in [1.82, 2.24) is 4.98 Å². The molecule has 0 fully saturated rings. The number of fused-ring (bicyclic) bond motifs is 8. The van der Waals surface area contributed by atoms with Gasteiger partial charge in [-0.15, -0.1) is 11.3 Å². The van der Waals surface area contributed by atoms with Gasteiger partial charge in [-0.1, -0.05) is 84.9 Å². The monoisotopic (exact) mass is 399 g/mol. The third-order valence-electron chi connectivity index (χ3n) is 6.22. The Bertz CT molecular complexity index is 1750. The number of para-hydroxylation sites is 1. The Labute approximate surface area is 177 Å².